The molecule has 4 N–H and O–H groups in total. The first-order valence-corrected chi connectivity index (χ1v) is 13.0. The minimum absolute atomic E-state index is 0.0227. The summed E-state index contributed by atoms with van der Waals surface area (Å²) in [7, 11) is 2.47. The van der Waals surface area contributed by atoms with Gasteiger partial charge >= 0.3 is 0 Å². The number of aromatic nitrogens is 4. The molecule has 2 aromatic rings. The van der Waals surface area contributed by atoms with Crippen molar-refractivity contribution < 1.29 is 49.4 Å². The SMILES string of the molecule is CC(OCC(C=O)NC(=O)c1ccnn1C(C)C)C(F)F.CF.CF.CNc1cn(C(CC(F)F)C2=NNNN2CF)nc1F. The number of rotatable bonds is 14. The molecule has 0 radical (unpaired) electrons. The number of nitrogens with one attached hydrogen (secondary N) is 4. The molecule has 1 aliphatic rings. The molecule has 0 fully saturated rings. The molecule has 0 spiro atoms. The average molecular weight is 667 g/mol. The van der Waals surface area contributed by atoms with Crippen molar-refractivity contribution in [2.24, 2.45) is 5.10 Å². The molecule has 0 aliphatic carbocycles. The number of nitrogens with zero attached hydrogens (tertiary/aromatic N) is 6. The molecule has 13 nitrogen and oxygen atoms in total. The summed E-state index contributed by atoms with van der Waals surface area (Å²) in [5, 5.41) is 17.1. The zero-order valence-electron chi connectivity index (χ0n) is 25.3. The van der Waals surface area contributed by atoms with Gasteiger partial charge in [-0.1, -0.05) is 0 Å². The van der Waals surface area contributed by atoms with E-state index in [0.29, 0.717) is 26.3 Å². The number of alkyl halides is 7. The lowest BCUT2D eigenvalue weighted by Crippen LogP contribution is -2.43. The van der Waals surface area contributed by atoms with Crippen LogP contribution >= 0.6 is 0 Å². The number of carbonyl (C=O) groups is 2. The van der Waals surface area contributed by atoms with Crippen LogP contribution in [0.3, 0.4) is 0 Å². The standard InChI is InChI=1S/C13H19F2N3O3.C9H13F4N7.2CH3F/c1-8(2)18-11(4-5-16-18)13(20)17-10(6-19)7-21-9(3)12(14)15;1-14-5-3-19(16-8(5)13)6(2-7(11)12)9-15-17-18-20(9)4-10;2*1-2/h4-6,8-10,12H,7H2,1-3H3,(H,17,20);3,6-7,14,17-18H,2,4H2,1H3;2*1H3. The molecular formula is C24H38F8N10O3. The van der Waals surface area contributed by atoms with Crippen LogP contribution in [0.2, 0.25) is 0 Å². The molecule has 0 saturated heterocycles. The summed E-state index contributed by atoms with van der Waals surface area (Å²) >= 11 is 0. The molecule has 1 amide bonds. The fourth-order valence-electron chi connectivity index (χ4n) is 3.39. The Morgan fingerprint density at radius 1 is 1.13 bits per heavy atom. The number of hydrogen-bond acceptors (Lipinski definition) is 10. The van der Waals surface area contributed by atoms with E-state index in [-0.39, 0.29) is 24.2 Å². The predicted molar refractivity (Wildman–Crippen MR) is 148 cm³/mol. The second-order valence-corrected chi connectivity index (χ2v) is 8.79. The zero-order valence-corrected chi connectivity index (χ0v) is 25.3. The Morgan fingerprint density at radius 3 is 2.27 bits per heavy atom. The molecule has 1 aliphatic heterocycles. The van der Waals surface area contributed by atoms with Crippen LogP contribution in [0, 0.1) is 5.95 Å². The minimum Gasteiger partial charge on any atom is -0.383 e. The first-order valence-electron chi connectivity index (χ1n) is 13.0. The molecule has 0 bridgehead atoms. The topological polar surface area (TPSA) is 143 Å². The Hall–Kier alpha value is -4.01. The van der Waals surface area contributed by atoms with Gasteiger partial charge in [-0.05, 0) is 26.8 Å². The maximum Gasteiger partial charge on any atom is 0.270 e. The average Bonchev–Trinajstić information content (AvgIpc) is 3.79. The van der Waals surface area contributed by atoms with E-state index in [0.717, 1.165) is 9.69 Å². The smallest absolute Gasteiger partial charge is 0.270 e. The van der Waals surface area contributed by atoms with Crippen molar-refractivity contribution in [3.8, 4) is 0 Å². The number of amides is 1. The Kier molecular flexibility index (Phi) is 19.7. The van der Waals surface area contributed by atoms with Crippen molar-refractivity contribution in [2.45, 2.75) is 64.3 Å². The number of hydrazine groups is 2. The number of hydrogen-bond donors (Lipinski definition) is 4. The number of amidine groups is 1. The fraction of sp³-hybridized carbons (Fsp3) is 0.625. The second kappa shape index (κ2) is 21.7. The number of halogens is 8. The van der Waals surface area contributed by atoms with E-state index in [9.17, 15) is 44.7 Å². The highest BCUT2D eigenvalue weighted by Gasteiger charge is 2.31. The van der Waals surface area contributed by atoms with Gasteiger partial charge < -0.3 is 20.2 Å². The monoisotopic (exact) mass is 666 g/mol. The molecule has 0 aromatic carbocycles. The Labute approximate surface area is 254 Å². The molecule has 3 unspecified atom stereocenters. The third kappa shape index (κ3) is 12.9. The van der Waals surface area contributed by atoms with Crippen molar-refractivity contribution in [2.75, 3.05) is 40.1 Å². The van der Waals surface area contributed by atoms with Gasteiger partial charge in [0.15, 0.2) is 12.6 Å². The number of hydrazone groups is 1. The van der Waals surface area contributed by atoms with Gasteiger partial charge in [0.25, 0.3) is 18.3 Å². The van der Waals surface area contributed by atoms with Crippen LogP contribution in [0.1, 0.15) is 49.8 Å². The summed E-state index contributed by atoms with van der Waals surface area (Å²) in [6, 6.07) is -0.607. The van der Waals surface area contributed by atoms with E-state index in [1.165, 1.54) is 37.1 Å². The number of aldehydes is 1. The maximum absolute atomic E-state index is 13.4. The van der Waals surface area contributed by atoms with Crippen LogP contribution in [0.25, 0.3) is 0 Å². The Balaban J connectivity index is 0.000000775. The summed E-state index contributed by atoms with van der Waals surface area (Å²) in [6.45, 7) is 3.61. The molecule has 0 saturated carbocycles. The zero-order chi connectivity index (χ0) is 34.7. The van der Waals surface area contributed by atoms with Crippen molar-refractivity contribution >= 4 is 23.7 Å². The Morgan fingerprint density at radius 2 is 1.78 bits per heavy atom. The molecule has 258 valence electrons. The van der Waals surface area contributed by atoms with Crippen LogP contribution in [0.15, 0.2) is 23.6 Å². The Bertz CT molecular complexity index is 1150. The number of anilines is 1. The van der Waals surface area contributed by atoms with Gasteiger partial charge in [0.1, 0.15) is 35.9 Å². The first kappa shape index (κ1) is 41.0. The third-order valence-corrected chi connectivity index (χ3v) is 5.49. The van der Waals surface area contributed by atoms with Crippen LogP contribution < -0.4 is 21.7 Å². The van der Waals surface area contributed by atoms with E-state index < -0.39 is 56.1 Å². The first-order chi connectivity index (χ1) is 21.4. The van der Waals surface area contributed by atoms with E-state index >= 15 is 0 Å². The van der Waals surface area contributed by atoms with Crippen molar-refractivity contribution in [3.05, 3.63) is 30.1 Å². The lowest BCUT2D eigenvalue weighted by molar-refractivity contribution is -0.113. The minimum atomic E-state index is -2.69. The summed E-state index contributed by atoms with van der Waals surface area (Å²) < 4.78 is 102. The van der Waals surface area contributed by atoms with Gasteiger partial charge in [0, 0.05) is 25.7 Å². The normalized spacial score (nSPS) is 14.2. The van der Waals surface area contributed by atoms with Gasteiger partial charge in [-0.3, -0.25) is 22.9 Å². The van der Waals surface area contributed by atoms with Gasteiger partial charge in [-0.25, -0.2) is 32.5 Å². The highest BCUT2D eigenvalue weighted by atomic mass is 19.3. The van der Waals surface area contributed by atoms with Crippen LogP contribution in [-0.2, 0) is 9.53 Å². The largest absolute Gasteiger partial charge is 0.383 e. The highest BCUT2D eigenvalue weighted by Crippen LogP contribution is 2.23. The summed E-state index contributed by atoms with van der Waals surface area (Å²) in [6.07, 6.45) is -4.16. The number of ether oxygens (including phenoxy) is 1. The molecule has 3 atom stereocenters. The quantitative estimate of drug-likeness (QED) is 0.136. The van der Waals surface area contributed by atoms with Crippen molar-refractivity contribution in [1.29, 1.82) is 0 Å². The molecule has 2 aromatic heterocycles. The van der Waals surface area contributed by atoms with Crippen molar-refractivity contribution in [3.63, 3.8) is 0 Å². The lowest BCUT2D eigenvalue weighted by atomic mass is 10.2. The molecule has 45 heavy (non-hydrogen) atoms. The second-order valence-electron chi connectivity index (χ2n) is 8.79. The summed E-state index contributed by atoms with van der Waals surface area (Å²) in [5.41, 5.74) is 4.93. The van der Waals surface area contributed by atoms with Crippen LogP contribution in [-0.4, -0.2) is 102 Å². The van der Waals surface area contributed by atoms with Gasteiger partial charge in [0.2, 0.25) is 6.43 Å². The van der Waals surface area contributed by atoms with E-state index in [1.54, 1.807) is 0 Å². The van der Waals surface area contributed by atoms with Gasteiger partial charge in [-0.2, -0.15) is 9.49 Å². The van der Waals surface area contributed by atoms with E-state index in [1.807, 2.05) is 13.8 Å². The van der Waals surface area contributed by atoms with Crippen molar-refractivity contribution in [1.82, 2.24) is 41.0 Å². The maximum atomic E-state index is 13.4. The molecule has 3 heterocycles. The lowest BCUT2D eigenvalue weighted by Gasteiger charge is -2.22. The molecule has 3 rings (SSSR count). The third-order valence-electron chi connectivity index (χ3n) is 5.49. The summed E-state index contributed by atoms with van der Waals surface area (Å²) in [4.78, 5) is 23.0. The predicted octanol–water partition coefficient (Wildman–Crippen LogP) is 3.43. The molecule has 21 heteroatoms. The summed E-state index contributed by atoms with van der Waals surface area (Å²) in [5.74, 6) is -1.39. The molecular weight excluding hydrogens is 628 g/mol. The van der Waals surface area contributed by atoms with Gasteiger partial charge in [0.05, 0.1) is 27.2 Å². The fourth-order valence-corrected chi connectivity index (χ4v) is 3.39. The van der Waals surface area contributed by atoms with Crippen LogP contribution in [0.5, 0.6) is 0 Å². The van der Waals surface area contributed by atoms with E-state index in [2.05, 4.69) is 37.0 Å². The van der Waals surface area contributed by atoms with Gasteiger partial charge in [-0.15, -0.1) is 15.7 Å². The highest BCUT2D eigenvalue weighted by molar-refractivity contribution is 5.94. The van der Waals surface area contributed by atoms with Crippen LogP contribution in [0.4, 0.5) is 40.8 Å². The van der Waals surface area contributed by atoms with E-state index in [4.69, 9.17) is 4.74 Å². The number of carbonyl (C=O) groups excluding carboxylic acids is 2.